The monoisotopic (exact) mass is 243 g/mol. The maximum atomic E-state index is 13.7. The van der Waals surface area contributed by atoms with E-state index in [1.54, 1.807) is 23.9 Å². The van der Waals surface area contributed by atoms with Crippen molar-refractivity contribution < 1.29 is 9.13 Å². The van der Waals surface area contributed by atoms with E-state index in [0.717, 1.165) is 12.3 Å². The SMILES string of the molecule is COc1ccc(C(C)NCCSC)c(F)c1. The number of benzene rings is 1. The van der Waals surface area contributed by atoms with Gasteiger partial charge in [-0.3, -0.25) is 0 Å². The molecule has 90 valence electrons. The highest BCUT2D eigenvalue weighted by Crippen LogP contribution is 2.21. The summed E-state index contributed by atoms with van der Waals surface area (Å²) in [4.78, 5) is 0. The molecule has 0 heterocycles. The topological polar surface area (TPSA) is 21.3 Å². The molecular formula is C12H18FNOS. The molecule has 1 N–H and O–H groups in total. The summed E-state index contributed by atoms with van der Waals surface area (Å²) < 4.78 is 18.6. The molecule has 1 unspecified atom stereocenters. The van der Waals surface area contributed by atoms with Crippen LogP contribution in [-0.4, -0.2) is 25.7 Å². The zero-order chi connectivity index (χ0) is 12.0. The van der Waals surface area contributed by atoms with Gasteiger partial charge in [0.1, 0.15) is 11.6 Å². The molecule has 0 fully saturated rings. The molecule has 1 aromatic carbocycles. The van der Waals surface area contributed by atoms with Crippen LogP contribution >= 0.6 is 11.8 Å². The molecule has 1 atom stereocenters. The molecule has 4 heteroatoms. The third kappa shape index (κ3) is 3.68. The van der Waals surface area contributed by atoms with Gasteiger partial charge >= 0.3 is 0 Å². The van der Waals surface area contributed by atoms with Crippen LogP contribution in [0.1, 0.15) is 18.5 Å². The maximum absolute atomic E-state index is 13.7. The largest absolute Gasteiger partial charge is 0.497 e. The maximum Gasteiger partial charge on any atom is 0.131 e. The highest BCUT2D eigenvalue weighted by atomic mass is 32.2. The molecular weight excluding hydrogens is 225 g/mol. The van der Waals surface area contributed by atoms with E-state index in [9.17, 15) is 4.39 Å². The van der Waals surface area contributed by atoms with Crippen LogP contribution in [0.4, 0.5) is 4.39 Å². The Morgan fingerprint density at radius 1 is 1.50 bits per heavy atom. The van der Waals surface area contributed by atoms with E-state index in [-0.39, 0.29) is 11.9 Å². The second-order valence-electron chi connectivity index (χ2n) is 3.56. The molecule has 0 aliphatic heterocycles. The Morgan fingerprint density at radius 3 is 2.81 bits per heavy atom. The average Bonchev–Trinajstić information content (AvgIpc) is 2.29. The summed E-state index contributed by atoms with van der Waals surface area (Å²) in [7, 11) is 1.54. The minimum Gasteiger partial charge on any atom is -0.497 e. The van der Waals surface area contributed by atoms with Gasteiger partial charge in [-0.05, 0) is 19.2 Å². The van der Waals surface area contributed by atoms with E-state index < -0.39 is 0 Å². The number of thioether (sulfide) groups is 1. The normalized spacial score (nSPS) is 12.5. The highest BCUT2D eigenvalue weighted by Gasteiger charge is 2.10. The molecule has 0 saturated heterocycles. The highest BCUT2D eigenvalue weighted by molar-refractivity contribution is 7.98. The summed E-state index contributed by atoms with van der Waals surface area (Å²) in [6, 6.07) is 5.00. The van der Waals surface area contributed by atoms with Crippen molar-refractivity contribution in [1.82, 2.24) is 5.32 Å². The van der Waals surface area contributed by atoms with Gasteiger partial charge in [-0.2, -0.15) is 11.8 Å². The van der Waals surface area contributed by atoms with E-state index in [1.807, 2.05) is 6.92 Å². The lowest BCUT2D eigenvalue weighted by Gasteiger charge is -2.15. The van der Waals surface area contributed by atoms with Gasteiger partial charge in [0, 0.05) is 30.0 Å². The molecule has 0 amide bonds. The average molecular weight is 243 g/mol. The van der Waals surface area contributed by atoms with Crippen molar-refractivity contribution in [3.63, 3.8) is 0 Å². The zero-order valence-corrected chi connectivity index (χ0v) is 10.7. The molecule has 0 aromatic heterocycles. The Balaban J connectivity index is 2.64. The minimum atomic E-state index is -0.219. The molecule has 0 saturated carbocycles. The minimum absolute atomic E-state index is 0.0260. The Labute approximate surface area is 101 Å². The zero-order valence-electron chi connectivity index (χ0n) is 9.92. The van der Waals surface area contributed by atoms with E-state index in [1.165, 1.54) is 13.2 Å². The quantitative estimate of drug-likeness (QED) is 0.776. The predicted octanol–water partition coefficient (Wildman–Crippen LogP) is 2.85. The molecule has 16 heavy (non-hydrogen) atoms. The van der Waals surface area contributed by atoms with Gasteiger partial charge in [0.05, 0.1) is 7.11 Å². The van der Waals surface area contributed by atoms with E-state index in [2.05, 4.69) is 11.6 Å². The second kappa shape index (κ2) is 6.76. The number of ether oxygens (including phenoxy) is 1. The summed E-state index contributed by atoms with van der Waals surface area (Å²) >= 11 is 1.77. The number of nitrogens with one attached hydrogen (secondary N) is 1. The number of halogens is 1. The Kier molecular flexibility index (Phi) is 5.63. The van der Waals surface area contributed by atoms with Gasteiger partial charge < -0.3 is 10.1 Å². The first kappa shape index (κ1) is 13.3. The van der Waals surface area contributed by atoms with Crippen molar-refractivity contribution in [3.8, 4) is 5.75 Å². The molecule has 0 aliphatic rings. The van der Waals surface area contributed by atoms with Crippen LogP contribution in [0.5, 0.6) is 5.75 Å². The third-order valence-corrected chi connectivity index (χ3v) is 3.04. The summed E-state index contributed by atoms with van der Waals surface area (Å²) in [6.07, 6.45) is 2.06. The van der Waals surface area contributed by atoms with Crippen LogP contribution in [0.3, 0.4) is 0 Å². The van der Waals surface area contributed by atoms with Crippen LogP contribution in [0.15, 0.2) is 18.2 Å². The Morgan fingerprint density at radius 2 is 2.25 bits per heavy atom. The fourth-order valence-corrected chi connectivity index (χ4v) is 1.80. The van der Waals surface area contributed by atoms with Gasteiger partial charge in [-0.25, -0.2) is 4.39 Å². The Hall–Kier alpha value is -0.740. The van der Waals surface area contributed by atoms with Gasteiger partial charge in [0.25, 0.3) is 0 Å². The third-order valence-electron chi connectivity index (χ3n) is 2.43. The lowest BCUT2D eigenvalue weighted by atomic mass is 10.1. The lowest BCUT2D eigenvalue weighted by molar-refractivity contribution is 0.409. The number of hydrogen-bond donors (Lipinski definition) is 1. The van der Waals surface area contributed by atoms with Crippen molar-refractivity contribution in [3.05, 3.63) is 29.6 Å². The molecule has 0 spiro atoms. The van der Waals surface area contributed by atoms with Crippen molar-refractivity contribution in [2.75, 3.05) is 25.7 Å². The summed E-state index contributed by atoms with van der Waals surface area (Å²) in [5, 5.41) is 3.28. The van der Waals surface area contributed by atoms with Crippen molar-refractivity contribution >= 4 is 11.8 Å². The molecule has 0 aliphatic carbocycles. The van der Waals surface area contributed by atoms with Gasteiger partial charge in [-0.1, -0.05) is 6.07 Å². The first-order valence-corrected chi connectivity index (χ1v) is 6.64. The van der Waals surface area contributed by atoms with Crippen molar-refractivity contribution in [2.45, 2.75) is 13.0 Å². The lowest BCUT2D eigenvalue weighted by Crippen LogP contribution is -2.22. The summed E-state index contributed by atoms with van der Waals surface area (Å²) in [6.45, 7) is 2.85. The summed E-state index contributed by atoms with van der Waals surface area (Å²) in [5.74, 6) is 1.36. The standard InChI is InChI=1S/C12H18FNOS/c1-9(14-6-7-16-3)11-5-4-10(15-2)8-12(11)13/h4-5,8-9,14H,6-7H2,1-3H3. The molecule has 2 nitrogen and oxygen atoms in total. The van der Waals surface area contributed by atoms with Crippen molar-refractivity contribution in [1.29, 1.82) is 0 Å². The van der Waals surface area contributed by atoms with Gasteiger partial charge in [0.15, 0.2) is 0 Å². The van der Waals surface area contributed by atoms with Crippen molar-refractivity contribution in [2.24, 2.45) is 0 Å². The van der Waals surface area contributed by atoms with Crippen LogP contribution < -0.4 is 10.1 Å². The molecule has 1 aromatic rings. The molecule has 0 radical (unpaired) electrons. The second-order valence-corrected chi connectivity index (χ2v) is 4.54. The fraction of sp³-hybridized carbons (Fsp3) is 0.500. The first-order chi connectivity index (χ1) is 7.69. The van der Waals surface area contributed by atoms with E-state index in [0.29, 0.717) is 11.3 Å². The molecule has 1 rings (SSSR count). The van der Waals surface area contributed by atoms with Gasteiger partial charge in [-0.15, -0.1) is 0 Å². The van der Waals surface area contributed by atoms with Crippen LogP contribution in [0.25, 0.3) is 0 Å². The predicted molar refractivity (Wildman–Crippen MR) is 67.8 cm³/mol. The number of hydrogen-bond acceptors (Lipinski definition) is 3. The Bertz CT molecular complexity index is 333. The molecule has 0 bridgehead atoms. The smallest absolute Gasteiger partial charge is 0.131 e. The van der Waals surface area contributed by atoms with Crippen LogP contribution in [0, 0.1) is 5.82 Å². The van der Waals surface area contributed by atoms with E-state index >= 15 is 0 Å². The van der Waals surface area contributed by atoms with Crippen LogP contribution in [-0.2, 0) is 0 Å². The fourth-order valence-electron chi connectivity index (χ4n) is 1.47. The number of methoxy groups -OCH3 is 1. The summed E-state index contributed by atoms with van der Waals surface area (Å²) in [5.41, 5.74) is 0.682. The van der Waals surface area contributed by atoms with E-state index in [4.69, 9.17) is 4.74 Å². The first-order valence-electron chi connectivity index (χ1n) is 5.24. The van der Waals surface area contributed by atoms with Gasteiger partial charge in [0.2, 0.25) is 0 Å². The number of rotatable bonds is 6. The van der Waals surface area contributed by atoms with Crippen LogP contribution in [0.2, 0.25) is 0 Å².